The fourth-order valence-corrected chi connectivity index (χ4v) is 2.63. The van der Waals surface area contributed by atoms with E-state index in [0.29, 0.717) is 5.75 Å². The van der Waals surface area contributed by atoms with E-state index >= 15 is 0 Å². The highest BCUT2D eigenvalue weighted by atomic mass is 19.3. The normalized spacial score (nSPS) is 21.5. The summed E-state index contributed by atoms with van der Waals surface area (Å²) < 4.78 is 32.3. The molecule has 1 saturated carbocycles. The first-order valence-corrected chi connectivity index (χ1v) is 8.40. The molecular formula is C19H21F2N3O2. The van der Waals surface area contributed by atoms with Gasteiger partial charge < -0.3 is 10.1 Å². The van der Waals surface area contributed by atoms with Gasteiger partial charge in [0.1, 0.15) is 6.10 Å². The molecule has 2 amide bonds. The van der Waals surface area contributed by atoms with Crippen LogP contribution in [-0.4, -0.2) is 23.5 Å². The van der Waals surface area contributed by atoms with E-state index in [4.69, 9.17) is 4.74 Å². The van der Waals surface area contributed by atoms with Crippen LogP contribution in [0.1, 0.15) is 31.9 Å². The van der Waals surface area contributed by atoms with Gasteiger partial charge in [0.05, 0.1) is 5.41 Å². The second kappa shape index (κ2) is 6.90. The predicted octanol–water partition coefficient (Wildman–Crippen LogP) is 4.39. The maximum absolute atomic E-state index is 13.2. The van der Waals surface area contributed by atoms with E-state index in [1.165, 1.54) is 13.1 Å². The van der Waals surface area contributed by atoms with Gasteiger partial charge in [-0.25, -0.2) is 18.6 Å². The van der Waals surface area contributed by atoms with Gasteiger partial charge in [0.2, 0.25) is 0 Å². The molecular weight excluding hydrogens is 340 g/mol. The van der Waals surface area contributed by atoms with E-state index in [9.17, 15) is 13.6 Å². The first kappa shape index (κ1) is 18.1. The number of anilines is 1. The second-order valence-electron chi connectivity index (χ2n) is 6.77. The van der Waals surface area contributed by atoms with Gasteiger partial charge in [0.25, 0.3) is 5.92 Å². The number of alkyl halides is 2. The monoisotopic (exact) mass is 361 g/mol. The average Bonchev–Trinajstić information content (AvgIpc) is 3.13. The Bertz CT molecular complexity index is 785. The minimum atomic E-state index is -2.72. The van der Waals surface area contributed by atoms with E-state index in [2.05, 4.69) is 15.6 Å². The quantitative estimate of drug-likeness (QED) is 0.802. The highest BCUT2D eigenvalue weighted by molar-refractivity contribution is 5.89. The maximum Gasteiger partial charge on any atom is 0.320 e. The van der Waals surface area contributed by atoms with Crippen LogP contribution in [0.25, 0.3) is 0 Å². The first-order chi connectivity index (χ1) is 12.3. The lowest BCUT2D eigenvalue weighted by Gasteiger charge is -2.18. The second-order valence-corrected chi connectivity index (χ2v) is 6.77. The fourth-order valence-electron chi connectivity index (χ4n) is 2.63. The lowest BCUT2D eigenvalue weighted by molar-refractivity contribution is 0.0709. The van der Waals surface area contributed by atoms with E-state index in [1.807, 2.05) is 37.3 Å². The Balaban J connectivity index is 1.61. The van der Waals surface area contributed by atoms with Crippen molar-refractivity contribution in [2.75, 3.05) is 11.9 Å². The zero-order valence-electron chi connectivity index (χ0n) is 14.6. The van der Waals surface area contributed by atoms with Crippen LogP contribution >= 0.6 is 0 Å². The van der Waals surface area contributed by atoms with Crippen LogP contribution in [0.5, 0.6) is 5.75 Å². The first-order valence-electron chi connectivity index (χ1n) is 8.40. The number of halogens is 2. The number of benzene rings is 1. The molecule has 1 fully saturated rings. The molecule has 2 aromatic rings. The summed E-state index contributed by atoms with van der Waals surface area (Å²) >= 11 is 0. The number of carbonyl (C=O) groups is 1. The minimum absolute atomic E-state index is 0.102. The van der Waals surface area contributed by atoms with E-state index in [1.54, 1.807) is 12.1 Å². The van der Waals surface area contributed by atoms with Crippen molar-refractivity contribution in [2.24, 2.45) is 5.41 Å². The third-order valence-corrected chi connectivity index (χ3v) is 4.58. The number of pyridine rings is 1. The van der Waals surface area contributed by atoms with Crippen molar-refractivity contribution in [1.82, 2.24) is 10.3 Å². The van der Waals surface area contributed by atoms with E-state index in [0.717, 1.165) is 5.56 Å². The number of amides is 2. The number of rotatable bonds is 6. The van der Waals surface area contributed by atoms with Gasteiger partial charge >= 0.3 is 6.03 Å². The maximum atomic E-state index is 13.2. The van der Waals surface area contributed by atoms with Crippen LogP contribution in [-0.2, 0) is 0 Å². The molecule has 138 valence electrons. The lowest BCUT2D eigenvalue weighted by atomic mass is 10.1. The number of carbonyl (C=O) groups excluding carboxylic acids is 1. The van der Waals surface area contributed by atoms with Crippen LogP contribution in [0.2, 0.25) is 0 Å². The van der Waals surface area contributed by atoms with E-state index in [-0.39, 0.29) is 24.9 Å². The van der Waals surface area contributed by atoms with Crippen LogP contribution < -0.4 is 15.4 Å². The zero-order chi connectivity index (χ0) is 18.8. The van der Waals surface area contributed by atoms with Gasteiger partial charge in [0.15, 0.2) is 11.6 Å². The van der Waals surface area contributed by atoms with Crippen molar-refractivity contribution >= 4 is 11.8 Å². The summed E-state index contributed by atoms with van der Waals surface area (Å²) in [5.74, 6) is -2.08. The highest BCUT2D eigenvalue weighted by Gasteiger charge is 2.67. The summed E-state index contributed by atoms with van der Waals surface area (Å²) in [5.41, 5.74) is -0.189. The summed E-state index contributed by atoms with van der Waals surface area (Å²) in [5, 5.41) is 5.04. The van der Waals surface area contributed by atoms with Gasteiger partial charge in [-0.3, -0.25) is 5.32 Å². The molecule has 0 radical (unpaired) electrons. The Hall–Kier alpha value is -2.70. The summed E-state index contributed by atoms with van der Waals surface area (Å²) in [7, 11) is 0. The van der Waals surface area contributed by atoms with Crippen LogP contribution in [0.15, 0.2) is 48.7 Å². The molecule has 0 aliphatic heterocycles. The molecule has 1 aromatic carbocycles. The zero-order valence-corrected chi connectivity index (χ0v) is 14.6. The fraction of sp³-hybridized carbons (Fsp3) is 0.368. The Kier molecular flexibility index (Phi) is 4.80. The molecule has 0 spiro atoms. The molecule has 3 rings (SSSR count). The molecule has 0 bridgehead atoms. The van der Waals surface area contributed by atoms with Crippen molar-refractivity contribution in [1.29, 1.82) is 0 Å². The van der Waals surface area contributed by atoms with Crippen molar-refractivity contribution in [2.45, 2.75) is 32.3 Å². The predicted molar refractivity (Wildman–Crippen MR) is 94.4 cm³/mol. The standard InChI is InChI=1S/C19H21F2N3O2/c1-13(14-7-4-3-5-8-14)26-15-9-6-10-22-16(15)24-17(25)23-12-18(2)11-19(18,20)21/h3-10,13H,11-12H2,1-2H3,(H2,22,23,24,25). The van der Waals surface area contributed by atoms with E-state index < -0.39 is 17.4 Å². The molecule has 1 aliphatic rings. The Morgan fingerprint density at radius 2 is 1.96 bits per heavy atom. The number of urea groups is 1. The van der Waals surface area contributed by atoms with Crippen LogP contribution in [0.4, 0.5) is 19.4 Å². The van der Waals surface area contributed by atoms with Gasteiger partial charge in [-0.05, 0) is 24.6 Å². The summed E-state index contributed by atoms with van der Waals surface area (Å²) in [4.78, 5) is 16.2. The van der Waals surface area contributed by atoms with Gasteiger partial charge in [-0.2, -0.15) is 0 Å². The van der Waals surface area contributed by atoms with Crippen molar-refractivity contribution in [3.63, 3.8) is 0 Å². The highest BCUT2D eigenvalue weighted by Crippen LogP contribution is 2.59. The third kappa shape index (κ3) is 3.92. The Morgan fingerprint density at radius 1 is 1.27 bits per heavy atom. The number of hydrogen-bond acceptors (Lipinski definition) is 3. The van der Waals surface area contributed by atoms with Gasteiger partial charge in [-0.15, -0.1) is 0 Å². The number of nitrogens with zero attached hydrogens (tertiary/aromatic N) is 1. The minimum Gasteiger partial charge on any atom is -0.482 e. The molecule has 0 saturated heterocycles. The number of hydrogen-bond donors (Lipinski definition) is 2. The topological polar surface area (TPSA) is 63.2 Å². The molecule has 26 heavy (non-hydrogen) atoms. The summed E-state index contributed by atoms with van der Waals surface area (Å²) in [6, 6.07) is 12.4. The van der Waals surface area contributed by atoms with Crippen molar-refractivity contribution < 1.29 is 18.3 Å². The Labute approximate surface area is 150 Å². The van der Waals surface area contributed by atoms with Crippen LogP contribution in [0, 0.1) is 5.41 Å². The SMILES string of the molecule is CC(Oc1cccnc1NC(=O)NCC1(C)CC1(F)F)c1ccccc1. The molecule has 7 heteroatoms. The average molecular weight is 361 g/mol. The summed E-state index contributed by atoms with van der Waals surface area (Å²) in [6.45, 7) is 3.24. The molecule has 2 unspecified atom stereocenters. The molecule has 2 atom stereocenters. The number of nitrogens with one attached hydrogen (secondary N) is 2. The molecule has 1 aliphatic carbocycles. The van der Waals surface area contributed by atoms with Crippen molar-refractivity contribution in [3.8, 4) is 5.75 Å². The molecule has 1 aromatic heterocycles. The molecule has 1 heterocycles. The van der Waals surface area contributed by atoms with Crippen LogP contribution in [0.3, 0.4) is 0 Å². The largest absolute Gasteiger partial charge is 0.482 e. The van der Waals surface area contributed by atoms with Crippen molar-refractivity contribution in [3.05, 3.63) is 54.2 Å². The van der Waals surface area contributed by atoms with Gasteiger partial charge in [-0.1, -0.05) is 37.3 Å². The third-order valence-electron chi connectivity index (χ3n) is 4.58. The lowest BCUT2D eigenvalue weighted by Crippen LogP contribution is -2.35. The smallest absolute Gasteiger partial charge is 0.320 e. The molecule has 5 nitrogen and oxygen atoms in total. The Morgan fingerprint density at radius 3 is 2.62 bits per heavy atom. The number of aromatic nitrogens is 1. The summed E-state index contributed by atoms with van der Waals surface area (Å²) in [6.07, 6.45) is 1.06. The number of ether oxygens (including phenoxy) is 1. The molecule has 2 N–H and O–H groups in total. The van der Waals surface area contributed by atoms with Gasteiger partial charge in [0, 0.05) is 19.2 Å².